The number of carbonyl (C=O) groups is 1. The van der Waals surface area contributed by atoms with Gasteiger partial charge >= 0.3 is 5.97 Å². The summed E-state index contributed by atoms with van der Waals surface area (Å²) in [5.74, 6) is 0.278. The Balaban J connectivity index is 2.33. The Labute approximate surface area is 125 Å². The Hall–Kier alpha value is -1.88. The average molecular weight is 336 g/mol. The standard InChI is InChI=1S/C15H14BrNO3/c1-3-12-14(6-4-9(2)17-12)20-13-7-5-10(15(18)19)8-11(13)16/h4-8H,3H2,1-2H3,(H,18,19). The fourth-order valence-electron chi connectivity index (χ4n) is 1.78. The third-order valence-corrected chi connectivity index (χ3v) is 3.42. The molecule has 0 spiro atoms. The van der Waals surface area contributed by atoms with Crippen molar-refractivity contribution in [2.75, 3.05) is 0 Å². The molecule has 1 N–H and O–H groups in total. The second-order valence-corrected chi connectivity index (χ2v) is 5.16. The zero-order valence-electron chi connectivity index (χ0n) is 11.2. The second kappa shape index (κ2) is 6.05. The van der Waals surface area contributed by atoms with Gasteiger partial charge in [0.2, 0.25) is 0 Å². The van der Waals surface area contributed by atoms with Crippen LogP contribution in [-0.4, -0.2) is 16.1 Å². The van der Waals surface area contributed by atoms with Crippen molar-refractivity contribution in [3.05, 3.63) is 51.8 Å². The van der Waals surface area contributed by atoms with Crippen LogP contribution in [0.1, 0.15) is 28.7 Å². The summed E-state index contributed by atoms with van der Waals surface area (Å²) in [5.41, 5.74) is 2.02. The van der Waals surface area contributed by atoms with Crippen LogP contribution in [-0.2, 0) is 6.42 Å². The van der Waals surface area contributed by atoms with Gasteiger partial charge in [0, 0.05) is 5.69 Å². The largest absolute Gasteiger partial charge is 0.478 e. The predicted octanol–water partition coefficient (Wildman–Crippen LogP) is 4.21. The van der Waals surface area contributed by atoms with Gasteiger partial charge in [-0.05, 0) is 59.6 Å². The fourth-order valence-corrected chi connectivity index (χ4v) is 2.24. The molecule has 1 heterocycles. The van der Waals surface area contributed by atoms with Crippen LogP contribution in [0.4, 0.5) is 0 Å². The molecule has 4 nitrogen and oxygen atoms in total. The minimum Gasteiger partial charge on any atom is -0.478 e. The molecule has 0 fully saturated rings. The lowest BCUT2D eigenvalue weighted by Gasteiger charge is -2.11. The molecule has 104 valence electrons. The first kappa shape index (κ1) is 14.5. The van der Waals surface area contributed by atoms with Crippen LogP contribution in [0.5, 0.6) is 11.5 Å². The molecule has 20 heavy (non-hydrogen) atoms. The second-order valence-electron chi connectivity index (χ2n) is 4.30. The number of hydrogen-bond donors (Lipinski definition) is 1. The minimum atomic E-state index is -0.969. The predicted molar refractivity (Wildman–Crippen MR) is 79.5 cm³/mol. The van der Waals surface area contributed by atoms with E-state index in [-0.39, 0.29) is 5.56 Å². The lowest BCUT2D eigenvalue weighted by atomic mass is 10.2. The monoisotopic (exact) mass is 335 g/mol. The summed E-state index contributed by atoms with van der Waals surface area (Å²) < 4.78 is 6.42. The number of hydrogen-bond acceptors (Lipinski definition) is 3. The first-order valence-electron chi connectivity index (χ1n) is 6.18. The van der Waals surface area contributed by atoms with Crippen molar-refractivity contribution in [3.8, 4) is 11.5 Å². The normalized spacial score (nSPS) is 10.3. The van der Waals surface area contributed by atoms with Gasteiger partial charge < -0.3 is 9.84 Å². The summed E-state index contributed by atoms with van der Waals surface area (Å²) in [6.07, 6.45) is 0.766. The fraction of sp³-hybridized carbons (Fsp3) is 0.200. The number of carboxylic acids is 1. The number of ether oxygens (including phenoxy) is 1. The number of halogens is 1. The van der Waals surface area contributed by atoms with E-state index in [1.807, 2.05) is 26.0 Å². The van der Waals surface area contributed by atoms with E-state index < -0.39 is 5.97 Å². The van der Waals surface area contributed by atoms with E-state index >= 15 is 0 Å². The van der Waals surface area contributed by atoms with E-state index in [0.29, 0.717) is 16.0 Å². The van der Waals surface area contributed by atoms with Gasteiger partial charge in [-0.3, -0.25) is 4.98 Å². The van der Waals surface area contributed by atoms with Gasteiger partial charge in [-0.1, -0.05) is 6.92 Å². The van der Waals surface area contributed by atoms with E-state index in [9.17, 15) is 4.79 Å². The van der Waals surface area contributed by atoms with E-state index in [1.54, 1.807) is 6.07 Å². The molecule has 0 atom stereocenters. The van der Waals surface area contributed by atoms with Gasteiger partial charge in [-0.2, -0.15) is 0 Å². The van der Waals surface area contributed by atoms with Crippen LogP contribution in [0.2, 0.25) is 0 Å². The molecule has 0 radical (unpaired) electrons. The van der Waals surface area contributed by atoms with Crippen LogP contribution in [0.15, 0.2) is 34.8 Å². The summed E-state index contributed by atoms with van der Waals surface area (Å²) in [7, 11) is 0. The number of pyridine rings is 1. The molecule has 2 aromatic rings. The van der Waals surface area contributed by atoms with Crippen LogP contribution >= 0.6 is 15.9 Å². The summed E-state index contributed by atoms with van der Waals surface area (Å²) >= 11 is 3.33. The highest BCUT2D eigenvalue weighted by Crippen LogP contribution is 2.32. The highest BCUT2D eigenvalue weighted by Gasteiger charge is 2.10. The molecule has 1 aromatic heterocycles. The number of carboxylic acid groups (broad SMARTS) is 1. The quantitative estimate of drug-likeness (QED) is 0.909. The highest BCUT2D eigenvalue weighted by molar-refractivity contribution is 9.10. The van der Waals surface area contributed by atoms with Gasteiger partial charge in [0.25, 0.3) is 0 Å². The molecule has 0 aliphatic heterocycles. The number of aromatic carboxylic acids is 1. The van der Waals surface area contributed by atoms with Crippen molar-refractivity contribution >= 4 is 21.9 Å². The maximum Gasteiger partial charge on any atom is 0.335 e. The van der Waals surface area contributed by atoms with Crippen LogP contribution in [0.25, 0.3) is 0 Å². The third kappa shape index (κ3) is 3.17. The van der Waals surface area contributed by atoms with Crippen molar-refractivity contribution in [2.24, 2.45) is 0 Å². The molecule has 0 unspecified atom stereocenters. The van der Waals surface area contributed by atoms with Gasteiger partial charge in [0.1, 0.15) is 11.5 Å². The number of benzene rings is 1. The average Bonchev–Trinajstić information content (AvgIpc) is 2.42. The first-order valence-corrected chi connectivity index (χ1v) is 6.97. The summed E-state index contributed by atoms with van der Waals surface area (Å²) in [6.45, 7) is 3.94. The third-order valence-electron chi connectivity index (χ3n) is 2.81. The lowest BCUT2D eigenvalue weighted by molar-refractivity contribution is 0.0697. The van der Waals surface area contributed by atoms with E-state index in [0.717, 1.165) is 17.8 Å². The van der Waals surface area contributed by atoms with Crippen LogP contribution in [0.3, 0.4) is 0 Å². The maximum absolute atomic E-state index is 10.9. The minimum absolute atomic E-state index is 0.210. The number of aryl methyl sites for hydroxylation is 2. The Morgan fingerprint density at radius 2 is 2.00 bits per heavy atom. The molecule has 0 aliphatic rings. The number of rotatable bonds is 4. The van der Waals surface area contributed by atoms with Crippen molar-refractivity contribution in [3.63, 3.8) is 0 Å². The van der Waals surface area contributed by atoms with E-state index in [1.165, 1.54) is 12.1 Å². The van der Waals surface area contributed by atoms with Crippen molar-refractivity contribution in [1.82, 2.24) is 4.98 Å². The van der Waals surface area contributed by atoms with Gasteiger partial charge in [-0.25, -0.2) is 4.79 Å². The summed E-state index contributed by atoms with van der Waals surface area (Å²) in [6, 6.07) is 8.42. The van der Waals surface area contributed by atoms with Crippen LogP contribution in [0, 0.1) is 6.92 Å². The van der Waals surface area contributed by atoms with Crippen molar-refractivity contribution in [1.29, 1.82) is 0 Å². The molecule has 0 amide bonds. The molecule has 0 aliphatic carbocycles. The summed E-state index contributed by atoms with van der Waals surface area (Å²) in [5, 5.41) is 8.93. The zero-order valence-corrected chi connectivity index (χ0v) is 12.8. The van der Waals surface area contributed by atoms with Crippen LogP contribution < -0.4 is 4.74 Å². The Morgan fingerprint density at radius 1 is 1.30 bits per heavy atom. The van der Waals surface area contributed by atoms with Gasteiger partial charge in [0.05, 0.1) is 15.7 Å². The Kier molecular flexibility index (Phi) is 4.39. The van der Waals surface area contributed by atoms with Gasteiger partial charge in [0.15, 0.2) is 0 Å². The highest BCUT2D eigenvalue weighted by atomic mass is 79.9. The zero-order chi connectivity index (χ0) is 14.7. The molecule has 2 rings (SSSR count). The van der Waals surface area contributed by atoms with Gasteiger partial charge in [-0.15, -0.1) is 0 Å². The molecule has 0 saturated carbocycles. The summed E-state index contributed by atoms with van der Waals surface area (Å²) in [4.78, 5) is 15.3. The van der Waals surface area contributed by atoms with E-state index in [4.69, 9.17) is 9.84 Å². The lowest BCUT2D eigenvalue weighted by Crippen LogP contribution is -1.98. The maximum atomic E-state index is 10.9. The Morgan fingerprint density at radius 3 is 2.60 bits per heavy atom. The topological polar surface area (TPSA) is 59.4 Å². The van der Waals surface area contributed by atoms with E-state index in [2.05, 4.69) is 20.9 Å². The molecular weight excluding hydrogens is 322 g/mol. The molecule has 0 saturated heterocycles. The number of aromatic nitrogens is 1. The molecule has 1 aromatic carbocycles. The molecular formula is C15H14BrNO3. The SMILES string of the molecule is CCc1nc(C)ccc1Oc1ccc(C(=O)O)cc1Br. The Bertz CT molecular complexity index is 656. The number of nitrogens with zero attached hydrogens (tertiary/aromatic N) is 1. The first-order chi connectivity index (χ1) is 9.51. The van der Waals surface area contributed by atoms with Crippen molar-refractivity contribution in [2.45, 2.75) is 20.3 Å². The smallest absolute Gasteiger partial charge is 0.335 e. The molecule has 0 bridgehead atoms. The molecule has 5 heteroatoms. The van der Waals surface area contributed by atoms with Crippen molar-refractivity contribution < 1.29 is 14.6 Å².